The zero-order valence-corrected chi connectivity index (χ0v) is 17.1. The standard InChI is InChI=1S/C21H32N6O/c1-16(2)15-26-11-5-6-19(26)20-17(14-23-27(20)12-13-28)18-7-8-22-21(24-18)25-9-3-4-10-25/h7-8,14,16,19,28H,3-6,9-13,15H2,1-2H3/t19-/m1/s1. The Morgan fingerprint density at radius 2 is 2.00 bits per heavy atom. The molecule has 2 aliphatic heterocycles. The SMILES string of the molecule is CC(C)CN1CCC[C@@H]1c1c(-c2ccnc(N3CCCC3)n2)cnn1CCO. The number of anilines is 1. The fourth-order valence-electron chi connectivity index (χ4n) is 4.61. The Hall–Kier alpha value is -1.99. The Balaban J connectivity index is 1.71. The highest BCUT2D eigenvalue weighted by atomic mass is 16.3. The van der Waals surface area contributed by atoms with Gasteiger partial charge in [0.2, 0.25) is 5.95 Å². The highest BCUT2D eigenvalue weighted by Gasteiger charge is 2.32. The lowest BCUT2D eigenvalue weighted by Crippen LogP contribution is -2.29. The first kappa shape index (κ1) is 19.3. The summed E-state index contributed by atoms with van der Waals surface area (Å²) in [6, 6.07) is 2.32. The summed E-state index contributed by atoms with van der Waals surface area (Å²) in [6.45, 7) is 9.42. The first-order valence-electron chi connectivity index (χ1n) is 10.7. The topological polar surface area (TPSA) is 70.3 Å². The number of likely N-dealkylation sites (tertiary alicyclic amines) is 1. The Morgan fingerprint density at radius 3 is 2.75 bits per heavy atom. The van der Waals surface area contributed by atoms with Crippen LogP contribution < -0.4 is 4.90 Å². The molecule has 2 aromatic rings. The number of hydrogen-bond acceptors (Lipinski definition) is 6. The maximum atomic E-state index is 9.56. The molecule has 1 atom stereocenters. The van der Waals surface area contributed by atoms with Gasteiger partial charge in [0.15, 0.2) is 0 Å². The van der Waals surface area contributed by atoms with Gasteiger partial charge in [-0.05, 0) is 44.2 Å². The summed E-state index contributed by atoms with van der Waals surface area (Å²) in [5.74, 6) is 1.44. The van der Waals surface area contributed by atoms with E-state index >= 15 is 0 Å². The number of hydrogen-bond donors (Lipinski definition) is 1. The molecule has 0 unspecified atom stereocenters. The zero-order chi connectivity index (χ0) is 19.5. The molecule has 7 heteroatoms. The van der Waals surface area contributed by atoms with Crippen molar-refractivity contribution in [2.75, 3.05) is 37.7 Å². The van der Waals surface area contributed by atoms with Crippen LogP contribution in [-0.2, 0) is 6.54 Å². The van der Waals surface area contributed by atoms with Crippen LogP contribution in [0.4, 0.5) is 5.95 Å². The van der Waals surface area contributed by atoms with Crippen molar-refractivity contribution in [1.82, 2.24) is 24.6 Å². The molecular weight excluding hydrogens is 352 g/mol. The summed E-state index contributed by atoms with van der Waals surface area (Å²) >= 11 is 0. The molecule has 2 aromatic heterocycles. The lowest BCUT2D eigenvalue weighted by Gasteiger charge is -2.27. The van der Waals surface area contributed by atoms with Crippen LogP contribution in [0.15, 0.2) is 18.5 Å². The number of nitrogens with zero attached hydrogens (tertiary/aromatic N) is 6. The Bertz CT molecular complexity index is 783. The lowest BCUT2D eigenvalue weighted by molar-refractivity contribution is 0.213. The molecule has 2 saturated heterocycles. The van der Waals surface area contributed by atoms with Crippen molar-refractivity contribution < 1.29 is 5.11 Å². The first-order chi connectivity index (χ1) is 13.7. The predicted molar refractivity (Wildman–Crippen MR) is 110 cm³/mol. The summed E-state index contributed by atoms with van der Waals surface area (Å²) in [4.78, 5) is 14.2. The summed E-state index contributed by atoms with van der Waals surface area (Å²) in [6.07, 6.45) is 8.53. The van der Waals surface area contributed by atoms with Gasteiger partial charge in [0.05, 0.1) is 36.8 Å². The van der Waals surface area contributed by atoms with Crippen molar-refractivity contribution >= 4 is 5.95 Å². The van der Waals surface area contributed by atoms with Gasteiger partial charge in [-0.25, -0.2) is 9.97 Å². The number of aliphatic hydroxyl groups is 1. The van der Waals surface area contributed by atoms with Crippen LogP contribution in [0.1, 0.15) is 51.3 Å². The van der Waals surface area contributed by atoms with E-state index in [1.165, 1.54) is 25.0 Å². The second-order valence-corrected chi connectivity index (χ2v) is 8.37. The Morgan fingerprint density at radius 1 is 1.18 bits per heavy atom. The maximum absolute atomic E-state index is 9.56. The number of rotatable bonds is 7. The molecule has 0 radical (unpaired) electrons. The monoisotopic (exact) mass is 384 g/mol. The molecule has 0 spiro atoms. The summed E-state index contributed by atoms with van der Waals surface area (Å²) < 4.78 is 1.98. The molecule has 0 aliphatic carbocycles. The minimum atomic E-state index is 0.0911. The van der Waals surface area contributed by atoms with E-state index in [1.54, 1.807) is 0 Å². The zero-order valence-electron chi connectivity index (χ0n) is 17.1. The van der Waals surface area contributed by atoms with Crippen molar-refractivity contribution in [1.29, 1.82) is 0 Å². The third-order valence-electron chi connectivity index (χ3n) is 5.78. The third-order valence-corrected chi connectivity index (χ3v) is 5.78. The lowest BCUT2D eigenvalue weighted by atomic mass is 10.0. The smallest absolute Gasteiger partial charge is 0.225 e. The van der Waals surface area contributed by atoms with Crippen LogP contribution in [0.3, 0.4) is 0 Å². The normalized spacial score (nSPS) is 20.6. The van der Waals surface area contributed by atoms with E-state index in [9.17, 15) is 5.11 Å². The van der Waals surface area contributed by atoms with E-state index in [2.05, 4.69) is 33.7 Å². The van der Waals surface area contributed by atoms with Crippen molar-refractivity contribution in [3.05, 3.63) is 24.2 Å². The Labute approximate surface area is 167 Å². The summed E-state index contributed by atoms with van der Waals surface area (Å²) in [7, 11) is 0. The van der Waals surface area contributed by atoms with Gasteiger partial charge in [0.25, 0.3) is 0 Å². The largest absolute Gasteiger partial charge is 0.394 e. The van der Waals surface area contributed by atoms with E-state index < -0.39 is 0 Å². The highest BCUT2D eigenvalue weighted by molar-refractivity contribution is 5.63. The minimum Gasteiger partial charge on any atom is -0.394 e. The average molecular weight is 385 g/mol. The van der Waals surface area contributed by atoms with E-state index in [-0.39, 0.29) is 6.61 Å². The number of aromatic nitrogens is 4. The van der Waals surface area contributed by atoms with Crippen molar-refractivity contribution in [2.24, 2.45) is 5.92 Å². The molecule has 2 aliphatic rings. The molecule has 4 rings (SSSR count). The predicted octanol–water partition coefficient (Wildman–Crippen LogP) is 2.73. The molecule has 0 aromatic carbocycles. The van der Waals surface area contributed by atoms with Gasteiger partial charge in [-0.15, -0.1) is 0 Å². The second kappa shape index (κ2) is 8.57. The van der Waals surface area contributed by atoms with Gasteiger partial charge < -0.3 is 10.0 Å². The van der Waals surface area contributed by atoms with Crippen LogP contribution in [0, 0.1) is 5.92 Å². The van der Waals surface area contributed by atoms with Crippen molar-refractivity contribution in [3.8, 4) is 11.3 Å². The van der Waals surface area contributed by atoms with Gasteiger partial charge in [-0.3, -0.25) is 9.58 Å². The second-order valence-electron chi connectivity index (χ2n) is 8.37. The van der Waals surface area contributed by atoms with E-state index in [4.69, 9.17) is 4.98 Å². The van der Waals surface area contributed by atoms with Crippen molar-refractivity contribution in [3.63, 3.8) is 0 Å². The Kier molecular flexibility index (Phi) is 5.92. The average Bonchev–Trinajstić information content (AvgIpc) is 3.42. The van der Waals surface area contributed by atoms with E-state index in [1.807, 2.05) is 23.1 Å². The molecule has 152 valence electrons. The van der Waals surface area contributed by atoms with E-state index in [0.29, 0.717) is 18.5 Å². The molecule has 0 bridgehead atoms. The van der Waals surface area contributed by atoms with E-state index in [0.717, 1.165) is 49.8 Å². The molecule has 1 N–H and O–H groups in total. The van der Waals surface area contributed by atoms with Gasteiger partial charge in [-0.2, -0.15) is 5.10 Å². The van der Waals surface area contributed by atoms with Gasteiger partial charge in [-0.1, -0.05) is 13.8 Å². The quantitative estimate of drug-likeness (QED) is 0.792. The fraction of sp³-hybridized carbons (Fsp3) is 0.667. The van der Waals surface area contributed by atoms with Crippen LogP contribution >= 0.6 is 0 Å². The maximum Gasteiger partial charge on any atom is 0.225 e. The van der Waals surface area contributed by atoms with Gasteiger partial charge in [0.1, 0.15) is 0 Å². The van der Waals surface area contributed by atoms with Crippen LogP contribution in [0.2, 0.25) is 0 Å². The van der Waals surface area contributed by atoms with Crippen LogP contribution in [0.25, 0.3) is 11.3 Å². The first-order valence-corrected chi connectivity index (χ1v) is 10.7. The molecule has 7 nitrogen and oxygen atoms in total. The van der Waals surface area contributed by atoms with Crippen LogP contribution in [-0.4, -0.2) is 62.5 Å². The van der Waals surface area contributed by atoms with Gasteiger partial charge >= 0.3 is 0 Å². The highest BCUT2D eigenvalue weighted by Crippen LogP contribution is 2.38. The van der Waals surface area contributed by atoms with Crippen molar-refractivity contribution in [2.45, 2.75) is 52.1 Å². The fourth-order valence-corrected chi connectivity index (χ4v) is 4.61. The molecule has 4 heterocycles. The molecule has 2 fully saturated rings. The molecule has 0 amide bonds. The molecular formula is C21H32N6O. The third kappa shape index (κ3) is 3.91. The van der Waals surface area contributed by atoms with Crippen LogP contribution in [0.5, 0.6) is 0 Å². The molecule has 0 saturated carbocycles. The summed E-state index contributed by atoms with van der Waals surface area (Å²) in [5.41, 5.74) is 3.21. The number of aliphatic hydroxyl groups excluding tert-OH is 1. The van der Waals surface area contributed by atoms with Gasteiger partial charge in [0, 0.05) is 31.4 Å². The minimum absolute atomic E-state index is 0.0911. The molecule has 28 heavy (non-hydrogen) atoms. The summed E-state index contributed by atoms with van der Waals surface area (Å²) in [5, 5.41) is 14.2.